The molecule has 11 nitrogen and oxygen atoms in total. The van der Waals surface area contributed by atoms with E-state index < -0.39 is 74.9 Å². The largest absolute Gasteiger partial charge is 1.00 e. The first-order valence-electron chi connectivity index (χ1n) is 15.1. The van der Waals surface area contributed by atoms with Crippen molar-refractivity contribution in [1.29, 1.82) is 0 Å². The molecule has 1 aliphatic heterocycles. The maximum atomic E-state index is 15.8. The Morgan fingerprint density at radius 3 is 2.30 bits per heavy atom. The van der Waals surface area contributed by atoms with Crippen LogP contribution in [0.15, 0.2) is 54.6 Å². The van der Waals surface area contributed by atoms with Crippen LogP contribution in [0.3, 0.4) is 0 Å². The number of ether oxygens (including phenoxy) is 1. The molecular weight excluding hydrogens is 654 g/mol. The van der Waals surface area contributed by atoms with E-state index in [9.17, 15) is 36.9 Å². The van der Waals surface area contributed by atoms with Crippen LogP contribution in [0.1, 0.15) is 68.6 Å². The molecule has 1 saturated carbocycles. The zero-order valence-corrected chi connectivity index (χ0v) is 28.7. The summed E-state index contributed by atoms with van der Waals surface area (Å²) in [5.41, 5.74) is -3.46. The molecule has 1 unspecified atom stereocenters. The van der Waals surface area contributed by atoms with Gasteiger partial charge in [-0.25, -0.2) is 17.6 Å². The van der Waals surface area contributed by atoms with Crippen LogP contribution in [0.4, 0.5) is 18.0 Å². The summed E-state index contributed by atoms with van der Waals surface area (Å²) >= 11 is 0. The molecule has 1 heterocycles. The van der Waals surface area contributed by atoms with Crippen molar-refractivity contribution in [1.82, 2.24) is 16.0 Å². The second-order valence-corrected chi connectivity index (χ2v) is 13.2. The second kappa shape index (κ2) is 17.1. The standard InChI is InChI=1S/C31H38F3N3O8S.Na/c32-23-13-7-12-22(18-23)31(33,34)26(20-10-5-2-6-11-20)45-30(41)37-24(16-19-8-3-1-4-9-19)28(39)36-25(29(40)46(42,43)44)17-21-14-15-35-27(21)38;/h2,5-7,10-13,18-19,21,24-26,29,40H,1,3-4,8-9,14-17H2,(H,35,38)(H,36,39)(H,37,41)(H,42,43,44);/q;+1/p-1/t21-,24-,25-,26+,29?;/m0./s1. The number of hydrogen-bond acceptors (Lipinski definition) is 8. The van der Waals surface area contributed by atoms with Gasteiger partial charge in [0.05, 0.1) is 6.04 Å². The second-order valence-electron chi connectivity index (χ2n) is 11.8. The molecule has 1 saturated heterocycles. The first kappa shape index (κ1) is 38.8. The first-order valence-corrected chi connectivity index (χ1v) is 16.6. The van der Waals surface area contributed by atoms with Crippen LogP contribution in [-0.2, 0) is 30.4 Å². The maximum Gasteiger partial charge on any atom is 1.00 e. The first-order chi connectivity index (χ1) is 21.8. The van der Waals surface area contributed by atoms with Crippen molar-refractivity contribution in [2.45, 2.75) is 80.9 Å². The summed E-state index contributed by atoms with van der Waals surface area (Å²) in [6.07, 6.45) is 0.341. The van der Waals surface area contributed by atoms with E-state index in [2.05, 4.69) is 16.0 Å². The molecule has 0 spiro atoms. The third-order valence-corrected chi connectivity index (χ3v) is 9.36. The fourth-order valence-electron chi connectivity index (χ4n) is 6.00. The van der Waals surface area contributed by atoms with Crippen molar-refractivity contribution in [3.63, 3.8) is 0 Å². The molecule has 2 aliphatic rings. The molecule has 1 aliphatic carbocycles. The van der Waals surface area contributed by atoms with Gasteiger partial charge in [-0.1, -0.05) is 74.6 Å². The third kappa shape index (κ3) is 10.6. The van der Waals surface area contributed by atoms with Crippen LogP contribution in [0.2, 0.25) is 0 Å². The average molecular weight is 692 g/mol. The number of rotatable bonds is 13. The van der Waals surface area contributed by atoms with E-state index in [1.54, 1.807) is 6.07 Å². The molecule has 0 aromatic heterocycles. The van der Waals surface area contributed by atoms with Gasteiger partial charge >= 0.3 is 41.6 Å². The third-order valence-electron chi connectivity index (χ3n) is 8.44. The van der Waals surface area contributed by atoms with E-state index in [1.807, 2.05) is 0 Å². The zero-order chi connectivity index (χ0) is 33.5. The number of benzene rings is 2. The Bertz CT molecular complexity index is 1480. The van der Waals surface area contributed by atoms with Gasteiger partial charge in [0.2, 0.25) is 11.8 Å². The van der Waals surface area contributed by atoms with Crippen LogP contribution < -0.4 is 45.5 Å². The van der Waals surface area contributed by atoms with Crippen LogP contribution in [0.5, 0.6) is 0 Å². The Morgan fingerprint density at radius 1 is 1.02 bits per heavy atom. The molecule has 2 fully saturated rings. The predicted molar refractivity (Wildman–Crippen MR) is 157 cm³/mol. The van der Waals surface area contributed by atoms with E-state index in [4.69, 9.17) is 4.74 Å². The monoisotopic (exact) mass is 691 g/mol. The van der Waals surface area contributed by atoms with Crippen LogP contribution in [-0.4, -0.2) is 60.0 Å². The molecule has 4 N–H and O–H groups in total. The number of aliphatic hydroxyl groups excluding tert-OH is 1. The van der Waals surface area contributed by atoms with Crippen molar-refractivity contribution < 1.29 is 79.9 Å². The quantitative estimate of drug-likeness (QED) is 0.175. The maximum absolute atomic E-state index is 15.8. The van der Waals surface area contributed by atoms with E-state index in [-0.39, 0.29) is 66.8 Å². The summed E-state index contributed by atoms with van der Waals surface area (Å²) < 4.78 is 85.9. The van der Waals surface area contributed by atoms with E-state index >= 15 is 8.78 Å². The van der Waals surface area contributed by atoms with Crippen molar-refractivity contribution in [3.05, 3.63) is 71.5 Å². The van der Waals surface area contributed by atoms with Gasteiger partial charge in [-0.15, -0.1) is 0 Å². The molecule has 0 radical (unpaired) electrons. The Morgan fingerprint density at radius 2 is 1.70 bits per heavy atom. The van der Waals surface area contributed by atoms with E-state index in [1.165, 1.54) is 24.3 Å². The molecular formula is C31H37F3N3NaO8S. The van der Waals surface area contributed by atoms with E-state index in [0.717, 1.165) is 37.5 Å². The zero-order valence-electron chi connectivity index (χ0n) is 25.9. The molecule has 16 heteroatoms. The molecule has 0 bridgehead atoms. The summed E-state index contributed by atoms with van der Waals surface area (Å²) in [5, 5.41) is 17.5. The minimum Gasteiger partial charge on any atom is -0.746 e. The predicted octanol–water partition coefficient (Wildman–Crippen LogP) is 0.603. The summed E-state index contributed by atoms with van der Waals surface area (Å²) in [4.78, 5) is 39.0. The number of amides is 3. The van der Waals surface area contributed by atoms with Gasteiger partial charge in [0.25, 0.3) is 0 Å². The molecule has 3 amide bonds. The van der Waals surface area contributed by atoms with Crippen molar-refractivity contribution in [2.75, 3.05) is 6.54 Å². The van der Waals surface area contributed by atoms with Crippen molar-refractivity contribution in [2.24, 2.45) is 11.8 Å². The fourth-order valence-corrected chi connectivity index (χ4v) is 6.59. The van der Waals surface area contributed by atoms with Gasteiger partial charge in [0.1, 0.15) is 22.0 Å². The summed E-state index contributed by atoms with van der Waals surface area (Å²) in [6.45, 7) is 0.283. The molecule has 2 aromatic carbocycles. The van der Waals surface area contributed by atoms with Crippen LogP contribution in [0.25, 0.3) is 0 Å². The number of alkyl halides is 2. The van der Waals surface area contributed by atoms with E-state index in [0.29, 0.717) is 18.9 Å². The smallest absolute Gasteiger partial charge is 0.746 e. The Labute approximate surface area is 293 Å². The molecule has 252 valence electrons. The van der Waals surface area contributed by atoms with Crippen molar-refractivity contribution >= 4 is 28.0 Å². The number of carbonyl (C=O) groups excluding carboxylic acids is 3. The van der Waals surface area contributed by atoms with Crippen molar-refractivity contribution in [3.8, 4) is 0 Å². The Hall–Kier alpha value is -2.69. The number of hydrogen-bond donors (Lipinski definition) is 4. The summed E-state index contributed by atoms with van der Waals surface area (Å²) in [6, 6.07) is 7.59. The molecule has 5 atom stereocenters. The van der Waals surface area contributed by atoms with Gasteiger partial charge < -0.3 is 30.3 Å². The summed E-state index contributed by atoms with van der Waals surface area (Å²) in [5.74, 6) is -7.15. The Kier molecular flexibility index (Phi) is 14.1. The minimum atomic E-state index is -5.34. The number of halogens is 3. The van der Waals surface area contributed by atoms with Crippen LogP contribution >= 0.6 is 0 Å². The molecule has 4 rings (SSSR count). The van der Waals surface area contributed by atoms with Gasteiger partial charge in [-0.2, -0.15) is 8.78 Å². The van der Waals surface area contributed by atoms with Gasteiger partial charge in [-0.05, 0) is 42.9 Å². The Balaban J connectivity index is 0.00000600. The average Bonchev–Trinajstić information content (AvgIpc) is 3.43. The number of carbonyl (C=O) groups is 3. The van der Waals surface area contributed by atoms with Crippen LogP contribution in [0, 0.1) is 17.7 Å². The van der Waals surface area contributed by atoms with Gasteiger partial charge in [-0.3, -0.25) is 9.59 Å². The number of alkyl carbamates (subject to hydrolysis) is 1. The van der Waals surface area contributed by atoms with Gasteiger partial charge in [0, 0.05) is 18.0 Å². The summed E-state index contributed by atoms with van der Waals surface area (Å²) in [7, 11) is -5.34. The van der Waals surface area contributed by atoms with Gasteiger partial charge in [0.15, 0.2) is 11.5 Å². The molecule has 2 aromatic rings. The number of aliphatic hydroxyl groups is 1. The molecule has 47 heavy (non-hydrogen) atoms. The normalized spacial score (nSPS) is 19.8. The SMILES string of the molecule is O=C(N[C@@H](CC1CCCCC1)C(=O)N[C@@H](C[C@@H]1CCNC1=O)C(O)S(=O)(=O)[O-])O[C@H](c1ccccc1)C(F)(F)c1cccc(F)c1.[Na+]. The topological polar surface area (TPSA) is 174 Å². The number of nitrogens with one attached hydrogen (secondary N) is 3. The minimum absolute atomic E-state index is 0. The fraction of sp³-hybridized carbons (Fsp3) is 0.516.